The van der Waals surface area contributed by atoms with Gasteiger partial charge in [-0.25, -0.2) is 14.4 Å². The average molecular weight is 445 g/mol. The van der Waals surface area contributed by atoms with Gasteiger partial charge in [-0.2, -0.15) is 0 Å². The van der Waals surface area contributed by atoms with Crippen LogP contribution in [0.25, 0.3) is 21.1 Å². The highest BCUT2D eigenvalue weighted by atomic mass is 32.1. The minimum Gasteiger partial charge on any atom is -0.391 e. The van der Waals surface area contributed by atoms with E-state index >= 15 is 0 Å². The lowest BCUT2D eigenvalue weighted by atomic mass is 9.94. The van der Waals surface area contributed by atoms with E-state index in [1.807, 2.05) is 25.3 Å². The Balaban J connectivity index is 1.42. The van der Waals surface area contributed by atoms with Gasteiger partial charge in [-0.3, -0.25) is 4.98 Å². The molecule has 5 nitrogen and oxygen atoms in total. The molecule has 4 aromatic rings. The largest absolute Gasteiger partial charge is 0.391 e. The fourth-order valence-corrected chi connectivity index (χ4v) is 4.76. The summed E-state index contributed by atoms with van der Waals surface area (Å²) in [6.07, 6.45) is 6.38. The number of hydrogen-bond donors (Lipinski definition) is 0. The smallest absolute Gasteiger partial charge is 0.142 e. The van der Waals surface area contributed by atoms with Crippen LogP contribution in [0.4, 0.5) is 4.39 Å². The highest BCUT2D eigenvalue weighted by Crippen LogP contribution is 2.35. The van der Waals surface area contributed by atoms with Crippen LogP contribution in [0, 0.1) is 12.7 Å². The van der Waals surface area contributed by atoms with Gasteiger partial charge >= 0.3 is 0 Å². The Hall–Kier alpha value is -3.45. The van der Waals surface area contributed by atoms with Gasteiger partial charge in [0.05, 0.1) is 22.0 Å². The number of nitrogens with zero attached hydrogens (tertiary/aromatic N) is 4. The zero-order valence-corrected chi connectivity index (χ0v) is 18.4. The molecule has 7 heteroatoms. The molecule has 0 atom stereocenters. The van der Waals surface area contributed by atoms with Gasteiger partial charge in [0.1, 0.15) is 23.1 Å². The van der Waals surface area contributed by atoms with Crippen LogP contribution in [0.1, 0.15) is 35.4 Å². The van der Waals surface area contributed by atoms with Crippen molar-refractivity contribution >= 4 is 17.0 Å². The summed E-state index contributed by atoms with van der Waals surface area (Å²) < 4.78 is 13.1. The summed E-state index contributed by atoms with van der Waals surface area (Å²) in [7, 11) is 0. The van der Waals surface area contributed by atoms with Crippen molar-refractivity contribution in [3.8, 4) is 21.1 Å². The van der Waals surface area contributed by atoms with Crippen molar-refractivity contribution in [1.82, 2.24) is 15.0 Å². The van der Waals surface area contributed by atoms with Crippen molar-refractivity contribution in [1.29, 1.82) is 0 Å². The zero-order chi connectivity index (χ0) is 21.9. The molecular formula is C25H21FN4OS. The van der Waals surface area contributed by atoms with Crippen LogP contribution in [-0.4, -0.2) is 20.7 Å². The quantitative estimate of drug-likeness (QED) is 0.356. The fourth-order valence-electron chi connectivity index (χ4n) is 3.73. The molecule has 0 saturated carbocycles. The van der Waals surface area contributed by atoms with Gasteiger partial charge in [-0.15, -0.1) is 11.3 Å². The third-order valence-corrected chi connectivity index (χ3v) is 6.60. The number of benzene rings is 1. The molecule has 0 saturated heterocycles. The fraction of sp³-hybridized carbons (Fsp3) is 0.200. The van der Waals surface area contributed by atoms with Gasteiger partial charge in [0.2, 0.25) is 0 Å². The molecule has 0 unspecified atom stereocenters. The highest BCUT2D eigenvalue weighted by Gasteiger charge is 2.20. The SMILES string of the molecule is Cc1nc(-c2cccnc2)sc1-c1ccc2c(n1)C(=NOCc1ccc(F)cc1)CCC2. The minimum absolute atomic E-state index is 0.261. The summed E-state index contributed by atoms with van der Waals surface area (Å²) in [5, 5.41) is 5.32. The summed E-state index contributed by atoms with van der Waals surface area (Å²) >= 11 is 1.62. The lowest BCUT2D eigenvalue weighted by Crippen LogP contribution is -2.15. The second-order valence-corrected chi connectivity index (χ2v) is 8.67. The molecule has 0 aliphatic heterocycles. The van der Waals surface area contributed by atoms with Gasteiger partial charge < -0.3 is 4.84 Å². The van der Waals surface area contributed by atoms with E-state index in [1.54, 1.807) is 29.7 Å². The summed E-state index contributed by atoms with van der Waals surface area (Å²) in [6.45, 7) is 2.30. The molecule has 1 aromatic carbocycles. The van der Waals surface area contributed by atoms with Crippen molar-refractivity contribution in [3.63, 3.8) is 0 Å². The maximum Gasteiger partial charge on any atom is 0.142 e. The van der Waals surface area contributed by atoms with E-state index in [4.69, 9.17) is 14.8 Å². The number of aryl methyl sites for hydroxylation is 2. The third-order valence-electron chi connectivity index (χ3n) is 5.37. The minimum atomic E-state index is -0.261. The molecule has 1 aliphatic carbocycles. The van der Waals surface area contributed by atoms with Crippen molar-refractivity contribution in [2.75, 3.05) is 0 Å². The Morgan fingerprint density at radius 1 is 1.06 bits per heavy atom. The Bertz CT molecular complexity index is 1270. The van der Waals surface area contributed by atoms with Crippen LogP contribution in [-0.2, 0) is 17.9 Å². The topological polar surface area (TPSA) is 60.3 Å². The number of rotatable bonds is 5. The number of halogens is 1. The summed E-state index contributed by atoms with van der Waals surface area (Å²) in [6, 6.07) is 14.4. The first kappa shape index (κ1) is 20.5. The second-order valence-electron chi connectivity index (χ2n) is 7.67. The zero-order valence-electron chi connectivity index (χ0n) is 17.6. The van der Waals surface area contributed by atoms with Gasteiger partial charge in [0, 0.05) is 18.0 Å². The number of thiazole rings is 1. The maximum absolute atomic E-state index is 13.1. The lowest BCUT2D eigenvalue weighted by Gasteiger charge is -2.17. The van der Waals surface area contributed by atoms with E-state index in [9.17, 15) is 4.39 Å². The molecule has 0 N–H and O–H groups in total. The van der Waals surface area contributed by atoms with E-state index in [0.29, 0.717) is 6.61 Å². The van der Waals surface area contributed by atoms with Crippen molar-refractivity contribution in [2.24, 2.45) is 5.16 Å². The third kappa shape index (κ3) is 4.29. The van der Waals surface area contributed by atoms with Gasteiger partial charge in [0.15, 0.2) is 0 Å². The lowest BCUT2D eigenvalue weighted by molar-refractivity contribution is 0.130. The van der Waals surface area contributed by atoms with Gasteiger partial charge in [-0.05, 0) is 67.6 Å². The normalized spacial score (nSPS) is 14.4. The number of pyridine rings is 2. The molecule has 160 valence electrons. The molecule has 3 aromatic heterocycles. The van der Waals surface area contributed by atoms with E-state index in [1.165, 1.54) is 17.7 Å². The molecule has 0 radical (unpaired) electrons. The first-order chi connectivity index (χ1) is 15.7. The number of fused-ring (bicyclic) bond motifs is 1. The monoisotopic (exact) mass is 444 g/mol. The molecule has 0 amide bonds. The van der Waals surface area contributed by atoms with E-state index < -0.39 is 0 Å². The summed E-state index contributed by atoms with van der Waals surface area (Å²) in [5.41, 5.74) is 6.63. The molecule has 0 fully saturated rings. The van der Waals surface area contributed by atoms with Crippen LogP contribution < -0.4 is 0 Å². The van der Waals surface area contributed by atoms with Crippen LogP contribution >= 0.6 is 11.3 Å². The first-order valence-corrected chi connectivity index (χ1v) is 11.3. The second kappa shape index (κ2) is 8.96. The molecule has 0 spiro atoms. The predicted octanol–water partition coefficient (Wildman–Crippen LogP) is 5.97. The Kier molecular flexibility index (Phi) is 5.73. The van der Waals surface area contributed by atoms with Crippen LogP contribution in [0.15, 0.2) is 66.1 Å². The van der Waals surface area contributed by atoms with Crippen molar-refractivity contribution in [2.45, 2.75) is 32.8 Å². The van der Waals surface area contributed by atoms with Gasteiger partial charge in [-0.1, -0.05) is 23.4 Å². The van der Waals surface area contributed by atoms with E-state index in [2.05, 4.69) is 22.3 Å². The van der Waals surface area contributed by atoms with E-state index in [-0.39, 0.29) is 5.82 Å². The van der Waals surface area contributed by atoms with E-state index in [0.717, 1.165) is 63.1 Å². The Morgan fingerprint density at radius 3 is 2.75 bits per heavy atom. The van der Waals surface area contributed by atoms with Crippen LogP contribution in [0.2, 0.25) is 0 Å². The molecular weight excluding hydrogens is 423 g/mol. The number of aromatic nitrogens is 3. The number of hydrogen-bond acceptors (Lipinski definition) is 6. The van der Waals surface area contributed by atoms with Crippen molar-refractivity contribution < 1.29 is 9.23 Å². The molecule has 3 heterocycles. The molecule has 1 aliphatic rings. The Labute approximate surface area is 189 Å². The van der Waals surface area contributed by atoms with Crippen LogP contribution in [0.5, 0.6) is 0 Å². The maximum atomic E-state index is 13.1. The van der Waals surface area contributed by atoms with Crippen LogP contribution in [0.3, 0.4) is 0 Å². The average Bonchev–Trinajstić information content (AvgIpc) is 3.22. The van der Waals surface area contributed by atoms with Crippen molar-refractivity contribution in [3.05, 3.63) is 89.3 Å². The Morgan fingerprint density at radius 2 is 1.94 bits per heavy atom. The molecule has 32 heavy (non-hydrogen) atoms. The summed E-state index contributed by atoms with van der Waals surface area (Å²) in [5.74, 6) is -0.261. The molecule has 5 rings (SSSR count). The highest BCUT2D eigenvalue weighted by molar-refractivity contribution is 7.18. The summed E-state index contributed by atoms with van der Waals surface area (Å²) in [4.78, 5) is 20.5. The standard InChI is InChI=1S/C25H21FN4OS/c1-16-24(32-25(28-16)19-5-3-13-27-14-19)22-12-9-18-4-2-6-21(23(18)29-22)30-31-15-17-7-10-20(26)11-8-17/h3,5,7-14H,2,4,6,15H2,1H3. The predicted molar refractivity (Wildman–Crippen MR) is 124 cm³/mol. The number of oxime groups is 1. The van der Waals surface area contributed by atoms with Gasteiger partial charge in [0.25, 0.3) is 0 Å². The molecule has 0 bridgehead atoms. The first-order valence-electron chi connectivity index (χ1n) is 10.5.